The van der Waals surface area contributed by atoms with Gasteiger partial charge < -0.3 is 14.6 Å². The zero-order valence-corrected chi connectivity index (χ0v) is 9.64. The molecule has 1 aromatic heterocycles. The molecular weight excluding hydrogens is 229 g/mol. The molecule has 1 aromatic rings. The number of aromatic nitrogens is 1. The number of ether oxygens (including phenoxy) is 2. The maximum Gasteiger partial charge on any atom is 0.341 e. The second-order valence-electron chi connectivity index (χ2n) is 3.40. The van der Waals surface area contributed by atoms with Crippen molar-refractivity contribution in [2.75, 3.05) is 13.2 Å². The molecule has 0 saturated carbocycles. The number of carbonyl (C=O) groups is 1. The second-order valence-corrected chi connectivity index (χ2v) is 3.40. The van der Waals surface area contributed by atoms with Crippen molar-refractivity contribution in [3.63, 3.8) is 0 Å². The summed E-state index contributed by atoms with van der Waals surface area (Å²) in [6.45, 7) is 4.41. The van der Waals surface area contributed by atoms with Gasteiger partial charge >= 0.3 is 5.97 Å². The molecule has 0 aliphatic heterocycles. The van der Waals surface area contributed by atoms with E-state index in [4.69, 9.17) is 14.6 Å². The molecule has 0 amide bonds. The largest absolute Gasteiger partial charge is 0.477 e. The first-order chi connectivity index (χ1) is 8.04. The Hall–Kier alpha value is -1.69. The topological polar surface area (TPSA) is 68.7 Å². The third kappa shape index (κ3) is 3.99. The lowest BCUT2D eigenvalue weighted by Crippen LogP contribution is -2.21. The van der Waals surface area contributed by atoms with E-state index in [2.05, 4.69) is 4.98 Å². The number of hydrogen-bond donors (Lipinski definition) is 1. The number of carboxylic acid groups (broad SMARTS) is 1. The van der Waals surface area contributed by atoms with Crippen LogP contribution in [0.4, 0.5) is 4.39 Å². The number of rotatable bonds is 6. The smallest absolute Gasteiger partial charge is 0.341 e. The normalized spacial score (nSPS) is 12.2. The van der Waals surface area contributed by atoms with Gasteiger partial charge in [-0.2, -0.15) is 0 Å². The molecule has 1 heterocycles. The Balaban J connectivity index is 2.79. The van der Waals surface area contributed by atoms with E-state index in [-0.39, 0.29) is 17.5 Å². The van der Waals surface area contributed by atoms with E-state index >= 15 is 0 Å². The summed E-state index contributed by atoms with van der Waals surface area (Å²) in [4.78, 5) is 14.5. The number of halogens is 1. The lowest BCUT2D eigenvalue weighted by Gasteiger charge is -2.14. The van der Waals surface area contributed by atoms with E-state index in [1.54, 1.807) is 6.92 Å². The Morgan fingerprint density at radius 3 is 2.94 bits per heavy atom. The summed E-state index contributed by atoms with van der Waals surface area (Å²) in [6, 6.07) is 0.873. The fraction of sp³-hybridized carbons (Fsp3) is 0.455. The number of carboxylic acids is 1. The number of aromatic carboxylic acids is 1. The minimum absolute atomic E-state index is 0.105. The Bertz CT molecular complexity index is 397. The number of nitrogens with zero attached hydrogens (tertiary/aromatic N) is 1. The van der Waals surface area contributed by atoms with Crippen LogP contribution in [0.2, 0.25) is 0 Å². The molecule has 17 heavy (non-hydrogen) atoms. The Morgan fingerprint density at radius 2 is 2.35 bits per heavy atom. The minimum atomic E-state index is -1.28. The van der Waals surface area contributed by atoms with Gasteiger partial charge in [0.25, 0.3) is 0 Å². The van der Waals surface area contributed by atoms with Crippen LogP contribution in [0.25, 0.3) is 0 Å². The van der Waals surface area contributed by atoms with Gasteiger partial charge in [-0.25, -0.2) is 14.2 Å². The van der Waals surface area contributed by atoms with Crippen LogP contribution in [0.3, 0.4) is 0 Å². The molecule has 6 heteroatoms. The summed E-state index contributed by atoms with van der Waals surface area (Å²) < 4.78 is 23.2. The monoisotopic (exact) mass is 243 g/mol. The highest BCUT2D eigenvalue weighted by Gasteiger charge is 2.16. The van der Waals surface area contributed by atoms with E-state index in [0.717, 1.165) is 12.3 Å². The van der Waals surface area contributed by atoms with E-state index in [1.165, 1.54) is 0 Å². The van der Waals surface area contributed by atoms with Gasteiger partial charge in [0, 0.05) is 6.61 Å². The summed E-state index contributed by atoms with van der Waals surface area (Å²) in [7, 11) is 0. The van der Waals surface area contributed by atoms with Crippen LogP contribution in [-0.4, -0.2) is 35.4 Å². The third-order valence-electron chi connectivity index (χ3n) is 1.92. The minimum Gasteiger partial charge on any atom is -0.477 e. The SMILES string of the molecule is CCOCC(C)Oc1ncc(F)cc1C(=O)O. The van der Waals surface area contributed by atoms with Crippen molar-refractivity contribution in [2.24, 2.45) is 0 Å². The van der Waals surface area contributed by atoms with Crippen LogP contribution in [-0.2, 0) is 4.74 Å². The zero-order valence-electron chi connectivity index (χ0n) is 9.64. The number of hydrogen-bond acceptors (Lipinski definition) is 4. The highest BCUT2D eigenvalue weighted by molar-refractivity contribution is 5.90. The Kier molecular flexibility index (Phi) is 4.84. The van der Waals surface area contributed by atoms with Crippen molar-refractivity contribution >= 4 is 5.97 Å². The van der Waals surface area contributed by atoms with Crippen molar-refractivity contribution in [2.45, 2.75) is 20.0 Å². The van der Waals surface area contributed by atoms with E-state index in [1.807, 2.05) is 6.92 Å². The molecule has 1 rings (SSSR count). The van der Waals surface area contributed by atoms with Crippen LogP contribution in [0, 0.1) is 5.82 Å². The van der Waals surface area contributed by atoms with Gasteiger partial charge in [0.1, 0.15) is 17.5 Å². The first kappa shape index (κ1) is 13.4. The second kappa shape index (κ2) is 6.15. The average molecular weight is 243 g/mol. The van der Waals surface area contributed by atoms with Crippen molar-refractivity contribution < 1.29 is 23.8 Å². The molecule has 0 saturated heterocycles. The average Bonchev–Trinajstić information content (AvgIpc) is 2.28. The Labute approximate surface area is 98.2 Å². The van der Waals surface area contributed by atoms with Gasteiger partial charge in [-0.15, -0.1) is 0 Å². The standard InChI is InChI=1S/C11H14FNO4/c1-3-16-6-7(2)17-10-9(11(14)15)4-8(12)5-13-10/h4-5,7H,3,6H2,1-2H3,(H,14,15). The van der Waals surface area contributed by atoms with Crippen molar-refractivity contribution in [3.05, 3.63) is 23.6 Å². The van der Waals surface area contributed by atoms with Crippen LogP contribution in [0.1, 0.15) is 24.2 Å². The zero-order chi connectivity index (χ0) is 12.8. The first-order valence-electron chi connectivity index (χ1n) is 5.17. The molecular formula is C11H14FNO4. The lowest BCUT2D eigenvalue weighted by atomic mass is 10.2. The Morgan fingerprint density at radius 1 is 1.65 bits per heavy atom. The maximum absolute atomic E-state index is 12.8. The van der Waals surface area contributed by atoms with Crippen LogP contribution < -0.4 is 4.74 Å². The molecule has 0 aromatic carbocycles. The number of pyridine rings is 1. The highest BCUT2D eigenvalue weighted by atomic mass is 19.1. The predicted octanol–water partition coefficient (Wildman–Crippen LogP) is 1.72. The molecule has 0 spiro atoms. The molecule has 0 bridgehead atoms. The summed E-state index contributed by atoms with van der Waals surface area (Å²) in [5, 5.41) is 8.86. The van der Waals surface area contributed by atoms with Crippen LogP contribution in [0.15, 0.2) is 12.3 Å². The van der Waals surface area contributed by atoms with E-state index < -0.39 is 11.8 Å². The molecule has 0 radical (unpaired) electrons. The molecule has 1 unspecified atom stereocenters. The highest BCUT2D eigenvalue weighted by Crippen LogP contribution is 2.17. The molecule has 0 aliphatic rings. The predicted molar refractivity (Wildman–Crippen MR) is 57.7 cm³/mol. The molecule has 1 N–H and O–H groups in total. The summed E-state index contributed by atoms with van der Waals surface area (Å²) in [5.41, 5.74) is -0.298. The van der Waals surface area contributed by atoms with Gasteiger partial charge in [-0.3, -0.25) is 0 Å². The van der Waals surface area contributed by atoms with Crippen molar-refractivity contribution in [1.82, 2.24) is 4.98 Å². The first-order valence-corrected chi connectivity index (χ1v) is 5.17. The van der Waals surface area contributed by atoms with Crippen molar-refractivity contribution in [3.8, 4) is 5.88 Å². The molecule has 0 fully saturated rings. The van der Waals surface area contributed by atoms with E-state index in [9.17, 15) is 9.18 Å². The van der Waals surface area contributed by atoms with Crippen molar-refractivity contribution in [1.29, 1.82) is 0 Å². The summed E-state index contributed by atoms with van der Waals surface area (Å²) in [6.07, 6.45) is 0.556. The summed E-state index contributed by atoms with van der Waals surface area (Å²) >= 11 is 0. The van der Waals surface area contributed by atoms with E-state index in [0.29, 0.717) is 13.2 Å². The molecule has 5 nitrogen and oxygen atoms in total. The quantitative estimate of drug-likeness (QED) is 0.823. The van der Waals surface area contributed by atoms with Crippen LogP contribution in [0.5, 0.6) is 5.88 Å². The fourth-order valence-corrected chi connectivity index (χ4v) is 1.18. The molecule has 1 atom stereocenters. The third-order valence-corrected chi connectivity index (χ3v) is 1.92. The van der Waals surface area contributed by atoms with Crippen LogP contribution >= 0.6 is 0 Å². The molecule has 94 valence electrons. The summed E-state index contributed by atoms with van der Waals surface area (Å²) in [5.74, 6) is -2.10. The van der Waals surface area contributed by atoms with Gasteiger partial charge in [-0.05, 0) is 19.9 Å². The van der Waals surface area contributed by atoms with Gasteiger partial charge in [0.05, 0.1) is 12.8 Å². The van der Waals surface area contributed by atoms with Gasteiger partial charge in [0.2, 0.25) is 5.88 Å². The molecule has 0 aliphatic carbocycles. The fourth-order valence-electron chi connectivity index (χ4n) is 1.18. The lowest BCUT2D eigenvalue weighted by molar-refractivity contribution is 0.0586. The van der Waals surface area contributed by atoms with Gasteiger partial charge in [0.15, 0.2) is 0 Å². The van der Waals surface area contributed by atoms with Gasteiger partial charge in [-0.1, -0.05) is 0 Å². The maximum atomic E-state index is 12.8.